The summed E-state index contributed by atoms with van der Waals surface area (Å²) in [6.45, 7) is 11.3. The summed E-state index contributed by atoms with van der Waals surface area (Å²) in [6.07, 6.45) is 5.96. The van der Waals surface area contributed by atoms with Crippen molar-refractivity contribution in [2.75, 3.05) is 0 Å². The highest BCUT2D eigenvalue weighted by atomic mass is 16.3. The van der Waals surface area contributed by atoms with Crippen molar-refractivity contribution < 1.29 is 5.11 Å². The summed E-state index contributed by atoms with van der Waals surface area (Å²) in [6, 6.07) is 0. The van der Waals surface area contributed by atoms with Gasteiger partial charge < -0.3 is 5.11 Å². The lowest BCUT2D eigenvalue weighted by Gasteiger charge is -2.41. The average Bonchev–Trinajstić information content (AvgIpc) is 2.24. The largest absolute Gasteiger partial charge is 0.388 e. The van der Waals surface area contributed by atoms with Gasteiger partial charge in [-0.2, -0.15) is 0 Å². The maximum Gasteiger partial charge on any atom is 0.0794 e. The van der Waals surface area contributed by atoms with E-state index in [-0.39, 0.29) is 11.5 Å². The normalized spacial score (nSPS) is 29.6. The van der Waals surface area contributed by atoms with Crippen LogP contribution in [0.25, 0.3) is 0 Å². The molecule has 0 aliphatic heterocycles. The van der Waals surface area contributed by atoms with Crippen LogP contribution in [0.2, 0.25) is 0 Å². The number of aliphatic hydroxyl groups excluding tert-OH is 1. The summed E-state index contributed by atoms with van der Waals surface area (Å²) in [5, 5.41) is 9.77. The fraction of sp³-hybridized carbons (Fsp3) is 0.812. The molecule has 1 fully saturated rings. The number of hydrogen-bond donors (Lipinski definition) is 1. The highest BCUT2D eigenvalue weighted by Gasteiger charge is 2.36. The van der Waals surface area contributed by atoms with E-state index in [1.54, 1.807) is 0 Å². The summed E-state index contributed by atoms with van der Waals surface area (Å²) in [7, 11) is 0. The zero-order valence-corrected chi connectivity index (χ0v) is 12.1. The Hall–Kier alpha value is -0.520. The molecule has 0 bridgehead atoms. The molecule has 0 saturated heterocycles. The van der Waals surface area contributed by atoms with Crippen LogP contribution in [-0.2, 0) is 0 Å². The molecule has 98 valence electrons. The van der Waals surface area contributed by atoms with E-state index in [1.807, 2.05) is 6.08 Å². The van der Waals surface area contributed by atoms with Gasteiger partial charge in [0, 0.05) is 0 Å². The molecule has 0 amide bonds. The maximum atomic E-state index is 9.77. The van der Waals surface area contributed by atoms with E-state index < -0.39 is 0 Å². The third kappa shape index (κ3) is 3.47. The molecule has 0 aromatic heterocycles. The Balaban J connectivity index is 2.94. The molecule has 1 heteroatoms. The Morgan fingerprint density at radius 3 is 2.65 bits per heavy atom. The molecule has 0 heterocycles. The Morgan fingerprint density at radius 1 is 1.41 bits per heavy atom. The molecule has 1 aliphatic rings. The second-order valence-electron chi connectivity index (χ2n) is 6.18. The molecule has 1 rings (SSSR count). The summed E-state index contributed by atoms with van der Waals surface area (Å²) < 4.78 is 0. The van der Waals surface area contributed by atoms with Crippen molar-refractivity contribution in [2.24, 2.45) is 17.3 Å². The van der Waals surface area contributed by atoms with Crippen LogP contribution in [0.15, 0.2) is 17.4 Å². The van der Waals surface area contributed by atoms with Gasteiger partial charge in [-0.25, -0.2) is 0 Å². The molecule has 17 heavy (non-hydrogen) atoms. The van der Waals surface area contributed by atoms with Gasteiger partial charge in [0.05, 0.1) is 6.10 Å². The minimum Gasteiger partial charge on any atom is -0.388 e. The highest BCUT2D eigenvalue weighted by molar-refractivity contribution is 5.19. The van der Waals surface area contributed by atoms with Gasteiger partial charge in [-0.1, -0.05) is 41.0 Å². The minimum atomic E-state index is -0.326. The van der Waals surface area contributed by atoms with Crippen molar-refractivity contribution in [3.63, 3.8) is 0 Å². The number of rotatable bonds is 3. The lowest BCUT2D eigenvalue weighted by molar-refractivity contribution is 0.193. The van der Waals surface area contributed by atoms with Gasteiger partial charge in [0.25, 0.3) is 0 Å². The third-order valence-corrected chi connectivity index (χ3v) is 4.47. The fourth-order valence-corrected chi connectivity index (χ4v) is 2.80. The standard InChI is InChI=1S/C16H28O/c1-6-7-14(17)10-11-15-12(2)8-9-13(3)16(15,4)5/h10,12-14,17H,6-9H2,1-5H3. The van der Waals surface area contributed by atoms with Gasteiger partial charge in [0.15, 0.2) is 0 Å². The molecule has 0 aromatic rings. The monoisotopic (exact) mass is 236 g/mol. The Kier molecular flexibility index (Phi) is 5.04. The molecule has 0 radical (unpaired) electrons. The molecule has 3 atom stereocenters. The predicted octanol–water partition coefficient (Wildman–Crippen LogP) is 4.32. The van der Waals surface area contributed by atoms with E-state index in [0.29, 0.717) is 11.8 Å². The van der Waals surface area contributed by atoms with E-state index in [0.717, 1.165) is 12.8 Å². The van der Waals surface area contributed by atoms with Crippen LogP contribution >= 0.6 is 0 Å². The first-order valence-electron chi connectivity index (χ1n) is 7.04. The smallest absolute Gasteiger partial charge is 0.0794 e. The molecule has 1 N–H and O–H groups in total. The zero-order valence-electron chi connectivity index (χ0n) is 12.1. The number of aliphatic hydroxyl groups is 1. The zero-order chi connectivity index (χ0) is 13.1. The van der Waals surface area contributed by atoms with Gasteiger partial charge in [0.2, 0.25) is 0 Å². The van der Waals surface area contributed by atoms with E-state index in [4.69, 9.17) is 0 Å². The Morgan fingerprint density at radius 2 is 2.06 bits per heavy atom. The molecular weight excluding hydrogens is 208 g/mol. The van der Waals surface area contributed by atoms with Gasteiger partial charge in [-0.15, -0.1) is 5.73 Å². The van der Waals surface area contributed by atoms with Crippen molar-refractivity contribution in [1.29, 1.82) is 0 Å². The van der Waals surface area contributed by atoms with E-state index in [1.165, 1.54) is 18.4 Å². The second-order valence-corrected chi connectivity index (χ2v) is 6.18. The molecule has 1 aliphatic carbocycles. The summed E-state index contributed by atoms with van der Waals surface area (Å²) in [4.78, 5) is 0. The van der Waals surface area contributed by atoms with Gasteiger partial charge in [0.1, 0.15) is 0 Å². The van der Waals surface area contributed by atoms with Crippen LogP contribution in [0.5, 0.6) is 0 Å². The topological polar surface area (TPSA) is 20.2 Å². The Bertz CT molecular complexity index is 307. The van der Waals surface area contributed by atoms with Crippen LogP contribution in [0.4, 0.5) is 0 Å². The van der Waals surface area contributed by atoms with Gasteiger partial charge >= 0.3 is 0 Å². The maximum absolute atomic E-state index is 9.77. The van der Waals surface area contributed by atoms with E-state index >= 15 is 0 Å². The number of hydrogen-bond acceptors (Lipinski definition) is 1. The first-order valence-corrected chi connectivity index (χ1v) is 7.04. The van der Waals surface area contributed by atoms with Crippen molar-refractivity contribution in [1.82, 2.24) is 0 Å². The lowest BCUT2D eigenvalue weighted by atomic mass is 9.63. The summed E-state index contributed by atoms with van der Waals surface area (Å²) in [5.41, 5.74) is 5.04. The van der Waals surface area contributed by atoms with Crippen LogP contribution in [-0.4, -0.2) is 11.2 Å². The van der Waals surface area contributed by atoms with Crippen molar-refractivity contribution in [3.8, 4) is 0 Å². The fourth-order valence-electron chi connectivity index (χ4n) is 2.80. The second kappa shape index (κ2) is 5.89. The van der Waals surface area contributed by atoms with Crippen LogP contribution in [0, 0.1) is 17.3 Å². The molecule has 3 unspecified atom stereocenters. The van der Waals surface area contributed by atoms with E-state index in [9.17, 15) is 5.11 Å². The lowest BCUT2D eigenvalue weighted by Crippen LogP contribution is -2.32. The van der Waals surface area contributed by atoms with E-state index in [2.05, 4.69) is 40.3 Å². The van der Waals surface area contributed by atoms with Crippen LogP contribution in [0.3, 0.4) is 0 Å². The Labute approximate surface area is 107 Å². The van der Waals surface area contributed by atoms with Crippen molar-refractivity contribution in [2.45, 2.75) is 66.4 Å². The predicted molar refractivity (Wildman–Crippen MR) is 73.9 cm³/mol. The first kappa shape index (κ1) is 14.5. The van der Waals surface area contributed by atoms with Gasteiger partial charge in [-0.05, 0) is 48.2 Å². The minimum absolute atomic E-state index is 0.222. The SMILES string of the molecule is CCCC(O)C=C=C1C(C)CCC(C)C1(C)C. The van der Waals surface area contributed by atoms with Crippen LogP contribution < -0.4 is 0 Å². The molecule has 1 nitrogen and oxygen atoms in total. The van der Waals surface area contributed by atoms with Crippen molar-refractivity contribution >= 4 is 0 Å². The molecule has 1 saturated carbocycles. The first-order chi connectivity index (χ1) is 7.89. The highest BCUT2D eigenvalue weighted by Crippen LogP contribution is 2.46. The molecule has 0 aromatic carbocycles. The summed E-state index contributed by atoms with van der Waals surface area (Å²) in [5.74, 6) is 1.31. The summed E-state index contributed by atoms with van der Waals surface area (Å²) >= 11 is 0. The van der Waals surface area contributed by atoms with Crippen molar-refractivity contribution in [3.05, 3.63) is 17.4 Å². The van der Waals surface area contributed by atoms with Crippen LogP contribution in [0.1, 0.15) is 60.3 Å². The molecular formula is C16H28O. The van der Waals surface area contributed by atoms with Gasteiger partial charge in [-0.3, -0.25) is 0 Å². The quantitative estimate of drug-likeness (QED) is 0.723. The average molecular weight is 236 g/mol. The third-order valence-electron chi connectivity index (χ3n) is 4.47. The molecule has 0 spiro atoms.